The number of imidazole rings is 1. The number of benzene rings is 1. The molecule has 0 bridgehead atoms. The molecule has 0 aliphatic rings. The van der Waals surface area contributed by atoms with E-state index in [1.165, 1.54) is 0 Å². The molecule has 3 aromatic rings. The molecule has 0 radical (unpaired) electrons. The van der Waals surface area contributed by atoms with Gasteiger partial charge in [-0.05, 0) is 18.7 Å². The minimum atomic E-state index is 0.286. The summed E-state index contributed by atoms with van der Waals surface area (Å²) in [5.41, 5.74) is 7.52. The molecule has 0 aliphatic heterocycles. The van der Waals surface area contributed by atoms with E-state index in [1.807, 2.05) is 35.0 Å². The normalized spacial score (nSPS) is 11.4. The molecule has 0 saturated carbocycles. The van der Waals surface area contributed by atoms with Crippen molar-refractivity contribution in [3.8, 4) is 5.75 Å². The Labute approximate surface area is 98.3 Å². The van der Waals surface area contributed by atoms with Crippen LogP contribution in [0.4, 0.5) is 0 Å². The summed E-state index contributed by atoms with van der Waals surface area (Å²) in [6, 6.07) is 7.38. The number of pyridine rings is 1. The van der Waals surface area contributed by atoms with Crippen molar-refractivity contribution in [1.82, 2.24) is 9.38 Å². The summed E-state index contributed by atoms with van der Waals surface area (Å²) in [6.45, 7) is 0.603. The number of fused-ring (bicyclic) bond motifs is 3. The van der Waals surface area contributed by atoms with Crippen LogP contribution >= 0.6 is 0 Å². The van der Waals surface area contributed by atoms with Gasteiger partial charge in [-0.15, -0.1) is 0 Å². The number of aromatic hydroxyl groups is 1. The maximum Gasteiger partial charge on any atom is 0.144 e. The summed E-state index contributed by atoms with van der Waals surface area (Å²) in [7, 11) is 0. The molecule has 0 fully saturated rings. The van der Waals surface area contributed by atoms with Crippen LogP contribution in [0.1, 0.15) is 5.69 Å². The van der Waals surface area contributed by atoms with Gasteiger partial charge in [0, 0.05) is 35.3 Å². The lowest BCUT2D eigenvalue weighted by atomic mass is 10.1. The molecule has 3 N–H and O–H groups in total. The second kappa shape index (κ2) is 3.75. The fourth-order valence-electron chi connectivity index (χ4n) is 2.17. The highest BCUT2D eigenvalue weighted by Crippen LogP contribution is 2.27. The van der Waals surface area contributed by atoms with E-state index < -0.39 is 0 Å². The number of aromatic nitrogens is 2. The zero-order chi connectivity index (χ0) is 11.8. The Kier molecular flexibility index (Phi) is 2.23. The van der Waals surface area contributed by atoms with Gasteiger partial charge in [0.05, 0.1) is 0 Å². The van der Waals surface area contributed by atoms with Gasteiger partial charge in [-0.25, -0.2) is 4.98 Å². The quantitative estimate of drug-likeness (QED) is 0.700. The summed E-state index contributed by atoms with van der Waals surface area (Å²) >= 11 is 0. The van der Waals surface area contributed by atoms with Crippen LogP contribution < -0.4 is 5.73 Å². The molecule has 2 aromatic heterocycles. The van der Waals surface area contributed by atoms with Gasteiger partial charge in [0.15, 0.2) is 0 Å². The van der Waals surface area contributed by atoms with Gasteiger partial charge in [-0.3, -0.25) is 0 Å². The van der Waals surface area contributed by atoms with Gasteiger partial charge < -0.3 is 15.2 Å². The molecule has 2 heterocycles. The van der Waals surface area contributed by atoms with Crippen LogP contribution in [-0.4, -0.2) is 21.0 Å². The molecule has 0 unspecified atom stereocenters. The van der Waals surface area contributed by atoms with E-state index in [1.54, 1.807) is 6.07 Å². The van der Waals surface area contributed by atoms with E-state index >= 15 is 0 Å². The summed E-state index contributed by atoms with van der Waals surface area (Å²) in [4.78, 5) is 4.40. The molecule has 4 heteroatoms. The van der Waals surface area contributed by atoms with Crippen molar-refractivity contribution in [2.75, 3.05) is 6.54 Å². The Morgan fingerprint density at radius 1 is 1.24 bits per heavy atom. The predicted octanol–water partition coefficient (Wildman–Crippen LogP) is 1.69. The molecular weight excluding hydrogens is 214 g/mol. The third kappa shape index (κ3) is 1.45. The maximum absolute atomic E-state index is 9.78. The number of phenolic OH excluding ortho intramolecular Hbond substituents is 1. The van der Waals surface area contributed by atoms with Crippen molar-refractivity contribution in [2.24, 2.45) is 5.73 Å². The molecule has 0 saturated heterocycles. The molecule has 4 nitrogen and oxygen atoms in total. The Hall–Kier alpha value is -2.07. The molecule has 1 aromatic carbocycles. The van der Waals surface area contributed by atoms with Crippen LogP contribution in [0.2, 0.25) is 0 Å². The first-order valence-electron chi connectivity index (χ1n) is 5.58. The first-order chi connectivity index (χ1) is 8.31. The molecular formula is C13H13N3O. The van der Waals surface area contributed by atoms with Gasteiger partial charge in [-0.2, -0.15) is 0 Å². The lowest BCUT2D eigenvalue weighted by Gasteiger charge is -2.04. The van der Waals surface area contributed by atoms with Crippen molar-refractivity contribution in [2.45, 2.75) is 6.42 Å². The van der Waals surface area contributed by atoms with Crippen LogP contribution in [-0.2, 0) is 6.42 Å². The van der Waals surface area contributed by atoms with Crippen molar-refractivity contribution >= 4 is 16.4 Å². The van der Waals surface area contributed by atoms with Crippen molar-refractivity contribution in [3.05, 3.63) is 42.4 Å². The average Bonchev–Trinajstić information content (AvgIpc) is 2.74. The van der Waals surface area contributed by atoms with Crippen molar-refractivity contribution in [3.63, 3.8) is 0 Å². The first kappa shape index (κ1) is 10.1. The smallest absolute Gasteiger partial charge is 0.144 e. The molecule has 0 aliphatic carbocycles. The monoisotopic (exact) mass is 227 g/mol. The zero-order valence-electron chi connectivity index (χ0n) is 9.30. The number of nitrogens with two attached hydrogens (primary N) is 1. The topological polar surface area (TPSA) is 63.5 Å². The highest BCUT2D eigenvalue weighted by molar-refractivity contribution is 5.97. The van der Waals surface area contributed by atoms with Crippen LogP contribution in [0, 0.1) is 0 Å². The number of rotatable bonds is 2. The lowest BCUT2D eigenvalue weighted by Crippen LogP contribution is -2.04. The highest BCUT2D eigenvalue weighted by Gasteiger charge is 2.07. The number of phenols is 1. The first-order valence-corrected chi connectivity index (χ1v) is 5.58. The van der Waals surface area contributed by atoms with Crippen LogP contribution in [0.3, 0.4) is 0 Å². The lowest BCUT2D eigenvalue weighted by molar-refractivity contribution is 0.481. The fraction of sp³-hybridized carbons (Fsp3) is 0.154. The minimum Gasteiger partial charge on any atom is -0.507 e. The SMILES string of the molecule is NCCc1cnc2c3cccc(O)c3ccn12. The second-order valence-electron chi connectivity index (χ2n) is 4.04. The highest BCUT2D eigenvalue weighted by atomic mass is 16.3. The van der Waals surface area contributed by atoms with Crippen molar-refractivity contribution < 1.29 is 5.11 Å². The number of hydrogen-bond acceptors (Lipinski definition) is 3. The van der Waals surface area contributed by atoms with Crippen molar-refractivity contribution in [1.29, 1.82) is 0 Å². The summed E-state index contributed by atoms with van der Waals surface area (Å²) in [5.74, 6) is 0.286. The summed E-state index contributed by atoms with van der Waals surface area (Å²) < 4.78 is 2.02. The Bertz CT molecular complexity index is 688. The van der Waals surface area contributed by atoms with Crippen LogP contribution in [0.15, 0.2) is 36.7 Å². The molecule has 0 amide bonds. The Balaban J connectivity index is 2.38. The van der Waals surface area contributed by atoms with Gasteiger partial charge in [0.1, 0.15) is 11.4 Å². The third-order valence-electron chi connectivity index (χ3n) is 2.99. The van der Waals surface area contributed by atoms with E-state index in [-0.39, 0.29) is 5.75 Å². The average molecular weight is 227 g/mol. The number of nitrogens with zero attached hydrogens (tertiary/aromatic N) is 2. The molecule has 0 atom stereocenters. The standard InChI is InChI=1S/C13H13N3O/c14-6-4-9-8-15-13-11-2-1-3-12(17)10(11)5-7-16(9)13/h1-3,5,7-8,17H,4,6,14H2. The Morgan fingerprint density at radius 3 is 2.94 bits per heavy atom. The van der Waals surface area contributed by atoms with Gasteiger partial charge >= 0.3 is 0 Å². The number of hydrogen-bond donors (Lipinski definition) is 2. The summed E-state index contributed by atoms with van der Waals surface area (Å²) in [5, 5.41) is 11.6. The van der Waals surface area contributed by atoms with E-state index in [9.17, 15) is 5.11 Å². The van der Waals surface area contributed by atoms with E-state index in [4.69, 9.17) is 5.73 Å². The fourth-order valence-corrected chi connectivity index (χ4v) is 2.17. The molecule has 3 rings (SSSR count). The minimum absolute atomic E-state index is 0.286. The zero-order valence-corrected chi connectivity index (χ0v) is 9.30. The summed E-state index contributed by atoms with van der Waals surface area (Å²) in [6.07, 6.45) is 4.56. The molecule has 17 heavy (non-hydrogen) atoms. The van der Waals surface area contributed by atoms with Gasteiger partial charge in [0.25, 0.3) is 0 Å². The van der Waals surface area contributed by atoms with Crippen LogP contribution in [0.25, 0.3) is 16.4 Å². The van der Waals surface area contributed by atoms with E-state index in [0.717, 1.165) is 28.5 Å². The van der Waals surface area contributed by atoms with E-state index in [0.29, 0.717) is 6.54 Å². The Morgan fingerprint density at radius 2 is 2.12 bits per heavy atom. The van der Waals surface area contributed by atoms with E-state index in [2.05, 4.69) is 4.98 Å². The van der Waals surface area contributed by atoms with Gasteiger partial charge in [-0.1, -0.05) is 12.1 Å². The molecule has 86 valence electrons. The van der Waals surface area contributed by atoms with Crippen LogP contribution in [0.5, 0.6) is 5.75 Å². The largest absolute Gasteiger partial charge is 0.507 e. The predicted molar refractivity (Wildman–Crippen MR) is 67.1 cm³/mol. The van der Waals surface area contributed by atoms with Gasteiger partial charge in [0.2, 0.25) is 0 Å². The molecule has 0 spiro atoms. The third-order valence-corrected chi connectivity index (χ3v) is 2.99. The maximum atomic E-state index is 9.78. The second-order valence-corrected chi connectivity index (χ2v) is 4.04.